The Morgan fingerprint density at radius 3 is 2.37 bits per heavy atom. The van der Waals surface area contributed by atoms with Gasteiger partial charge < -0.3 is 20.1 Å². The van der Waals surface area contributed by atoms with Crippen LogP contribution < -0.4 is 20.1 Å². The first-order chi connectivity index (χ1) is 16.7. The number of anilines is 4. The highest BCUT2D eigenvalue weighted by Crippen LogP contribution is 2.36. The van der Waals surface area contributed by atoms with Gasteiger partial charge in [-0.1, -0.05) is 32.3 Å². The van der Waals surface area contributed by atoms with Gasteiger partial charge in [-0.25, -0.2) is 4.98 Å². The Kier molecular flexibility index (Phi) is 9.17. The van der Waals surface area contributed by atoms with E-state index in [9.17, 15) is 13.2 Å². The number of ether oxygens (including phenoxy) is 2. The Labute approximate surface area is 203 Å². The van der Waals surface area contributed by atoms with Gasteiger partial charge in [-0.3, -0.25) is 0 Å². The van der Waals surface area contributed by atoms with E-state index < -0.39 is 11.7 Å². The number of alkyl halides is 3. The van der Waals surface area contributed by atoms with Gasteiger partial charge in [0.15, 0.2) is 0 Å². The maximum atomic E-state index is 13.6. The molecule has 0 radical (unpaired) electrons. The number of unbranched alkanes of at least 4 members (excludes halogenated alkanes) is 3. The molecule has 0 aliphatic rings. The topological polar surface area (TPSA) is 68.3 Å². The second-order valence-corrected chi connectivity index (χ2v) is 8.33. The van der Waals surface area contributed by atoms with Crippen LogP contribution in [0.1, 0.15) is 52.0 Å². The summed E-state index contributed by atoms with van der Waals surface area (Å²) in [4.78, 5) is 7.96. The van der Waals surface area contributed by atoms with E-state index in [0.29, 0.717) is 23.7 Å². The second-order valence-electron chi connectivity index (χ2n) is 8.33. The smallest absolute Gasteiger partial charge is 0.421 e. The fraction of sp³-hybridized carbons (Fsp3) is 0.385. The molecule has 2 aromatic carbocycles. The summed E-state index contributed by atoms with van der Waals surface area (Å²) in [5.41, 5.74) is 0.0742. The Balaban J connectivity index is 1.73. The van der Waals surface area contributed by atoms with Crippen LogP contribution >= 0.6 is 0 Å². The van der Waals surface area contributed by atoms with Crippen molar-refractivity contribution in [3.63, 3.8) is 0 Å². The molecule has 188 valence electrons. The van der Waals surface area contributed by atoms with E-state index in [1.54, 1.807) is 48.5 Å². The average Bonchev–Trinajstić information content (AvgIpc) is 2.79. The number of benzene rings is 2. The Morgan fingerprint density at radius 2 is 1.69 bits per heavy atom. The number of nitrogens with one attached hydrogen (secondary N) is 2. The van der Waals surface area contributed by atoms with Crippen LogP contribution in [0.25, 0.3) is 0 Å². The molecule has 0 amide bonds. The van der Waals surface area contributed by atoms with Gasteiger partial charge in [-0.05, 0) is 56.7 Å². The fourth-order valence-electron chi connectivity index (χ4n) is 3.28. The standard InChI is InChI=1S/C26H31F3N4O2/c1-4-5-6-7-15-34-21-13-11-19(12-14-21)32-25-30-17-23(26(27,28)29)24(33-25)31-20-9-8-10-22(16-20)35-18(2)3/h8-14,16-18H,4-7,15H2,1-3H3,(H2,30,31,32,33). The lowest BCUT2D eigenvalue weighted by molar-refractivity contribution is -0.137. The molecule has 0 fully saturated rings. The van der Waals surface area contributed by atoms with Crippen molar-refractivity contribution in [1.82, 2.24) is 9.97 Å². The molecule has 0 saturated carbocycles. The minimum absolute atomic E-state index is 0.0309. The van der Waals surface area contributed by atoms with Gasteiger partial charge in [0, 0.05) is 23.6 Å². The van der Waals surface area contributed by atoms with Crippen molar-refractivity contribution < 1.29 is 22.6 Å². The molecule has 9 heteroatoms. The normalized spacial score (nSPS) is 11.4. The zero-order valence-electron chi connectivity index (χ0n) is 20.2. The van der Waals surface area contributed by atoms with Crippen LogP contribution in [0.5, 0.6) is 11.5 Å². The minimum Gasteiger partial charge on any atom is -0.494 e. The van der Waals surface area contributed by atoms with Crippen molar-refractivity contribution in [3.8, 4) is 11.5 Å². The lowest BCUT2D eigenvalue weighted by Gasteiger charge is -2.16. The summed E-state index contributed by atoms with van der Waals surface area (Å²) < 4.78 is 52.1. The largest absolute Gasteiger partial charge is 0.494 e. The van der Waals surface area contributed by atoms with E-state index in [4.69, 9.17) is 9.47 Å². The monoisotopic (exact) mass is 488 g/mol. The van der Waals surface area contributed by atoms with E-state index in [-0.39, 0.29) is 17.9 Å². The molecule has 3 rings (SSSR count). The number of halogens is 3. The Bertz CT molecular complexity index is 1070. The van der Waals surface area contributed by atoms with Crippen molar-refractivity contribution in [2.24, 2.45) is 0 Å². The number of nitrogens with zero attached hydrogens (tertiary/aromatic N) is 2. The molecule has 3 aromatic rings. The highest BCUT2D eigenvalue weighted by Gasteiger charge is 2.35. The van der Waals surface area contributed by atoms with Crippen LogP contribution in [-0.4, -0.2) is 22.7 Å². The van der Waals surface area contributed by atoms with Crippen molar-refractivity contribution >= 4 is 23.1 Å². The summed E-state index contributed by atoms with van der Waals surface area (Å²) in [5.74, 6) is 0.942. The van der Waals surface area contributed by atoms with Crippen molar-refractivity contribution in [2.75, 3.05) is 17.2 Å². The van der Waals surface area contributed by atoms with Crippen LogP contribution in [0.15, 0.2) is 54.7 Å². The van der Waals surface area contributed by atoms with E-state index in [2.05, 4.69) is 27.5 Å². The molecule has 0 aliphatic carbocycles. The van der Waals surface area contributed by atoms with E-state index in [1.165, 1.54) is 12.8 Å². The second kappa shape index (κ2) is 12.3. The fourth-order valence-corrected chi connectivity index (χ4v) is 3.28. The third-order valence-electron chi connectivity index (χ3n) is 4.94. The van der Waals surface area contributed by atoms with Crippen LogP contribution in [-0.2, 0) is 6.18 Å². The minimum atomic E-state index is -4.62. The molecule has 0 spiro atoms. The maximum Gasteiger partial charge on any atom is 0.421 e. The number of hydrogen-bond donors (Lipinski definition) is 2. The van der Waals surface area contributed by atoms with Crippen molar-refractivity contribution in [1.29, 1.82) is 0 Å². The predicted octanol–water partition coefficient (Wildman–Crippen LogP) is 7.73. The van der Waals surface area contributed by atoms with Crippen molar-refractivity contribution in [3.05, 3.63) is 60.3 Å². The zero-order valence-corrected chi connectivity index (χ0v) is 20.2. The summed E-state index contributed by atoms with van der Waals surface area (Å²) in [5, 5.41) is 5.70. The van der Waals surface area contributed by atoms with Crippen LogP contribution in [0.4, 0.5) is 36.3 Å². The highest BCUT2D eigenvalue weighted by molar-refractivity contribution is 5.64. The van der Waals surface area contributed by atoms with Gasteiger partial charge in [0.25, 0.3) is 0 Å². The first-order valence-corrected chi connectivity index (χ1v) is 11.7. The van der Waals surface area contributed by atoms with Crippen LogP contribution in [0.2, 0.25) is 0 Å². The highest BCUT2D eigenvalue weighted by atomic mass is 19.4. The van der Waals surface area contributed by atoms with Gasteiger partial charge in [-0.15, -0.1) is 0 Å². The molecule has 35 heavy (non-hydrogen) atoms. The third kappa shape index (κ3) is 8.35. The summed E-state index contributed by atoms with van der Waals surface area (Å²) in [6, 6.07) is 13.8. The number of hydrogen-bond acceptors (Lipinski definition) is 6. The third-order valence-corrected chi connectivity index (χ3v) is 4.94. The Hall–Kier alpha value is -3.49. The van der Waals surface area contributed by atoms with E-state index in [0.717, 1.165) is 24.8 Å². The molecule has 0 aliphatic heterocycles. The quantitative estimate of drug-likeness (QED) is 0.254. The lowest BCUT2D eigenvalue weighted by atomic mass is 10.2. The Morgan fingerprint density at radius 1 is 0.914 bits per heavy atom. The van der Waals surface area contributed by atoms with Gasteiger partial charge in [0.05, 0.1) is 12.7 Å². The van der Waals surface area contributed by atoms with Gasteiger partial charge >= 0.3 is 6.18 Å². The molecule has 1 heterocycles. The number of aromatic nitrogens is 2. The SMILES string of the molecule is CCCCCCOc1ccc(Nc2ncc(C(F)(F)F)c(Nc3cccc(OC(C)C)c3)n2)cc1. The van der Waals surface area contributed by atoms with E-state index >= 15 is 0 Å². The summed E-state index contributed by atoms with van der Waals surface area (Å²) >= 11 is 0. The molecule has 2 N–H and O–H groups in total. The van der Waals surface area contributed by atoms with Gasteiger partial charge in [0.2, 0.25) is 5.95 Å². The molecule has 6 nitrogen and oxygen atoms in total. The molecule has 0 saturated heterocycles. The van der Waals surface area contributed by atoms with Crippen LogP contribution in [0.3, 0.4) is 0 Å². The molecule has 0 atom stereocenters. The molecule has 0 bridgehead atoms. The first kappa shape index (κ1) is 26.1. The molecule has 1 aromatic heterocycles. The molecular weight excluding hydrogens is 457 g/mol. The summed E-state index contributed by atoms with van der Waals surface area (Å²) in [6.45, 7) is 6.55. The summed E-state index contributed by atoms with van der Waals surface area (Å²) in [7, 11) is 0. The number of rotatable bonds is 12. The molecular formula is C26H31F3N4O2. The molecule has 0 unspecified atom stereocenters. The average molecular weight is 489 g/mol. The lowest BCUT2D eigenvalue weighted by Crippen LogP contribution is -2.12. The van der Waals surface area contributed by atoms with Crippen LogP contribution in [0, 0.1) is 0 Å². The zero-order chi connectivity index (χ0) is 25.3. The van der Waals surface area contributed by atoms with Crippen molar-refractivity contribution in [2.45, 2.75) is 58.7 Å². The first-order valence-electron chi connectivity index (χ1n) is 11.7. The van der Waals surface area contributed by atoms with E-state index in [1.807, 2.05) is 13.8 Å². The predicted molar refractivity (Wildman–Crippen MR) is 132 cm³/mol. The van der Waals surface area contributed by atoms with Gasteiger partial charge in [0.1, 0.15) is 22.9 Å². The summed E-state index contributed by atoms with van der Waals surface area (Å²) in [6.07, 6.45) is 0.560. The van der Waals surface area contributed by atoms with Gasteiger partial charge in [-0.2, -0.15) is 18.2 Å². The maximum absolute atomic E-state index is 13.6.